The Bertz CT molecular complexity index is 473. The molecule has 2 rings (SSSR count). The van der Waals surface area contributed by atoms with Crippen molar-refractivity contribution in [1.29, 1.82) is 0 Å². The summed E-state index contributed by atoms with van der Waals surface area (Å²) < 4.78 is 5.97. The molecule has 1 saturated heterocycles. The number of rotatable bonds is 4. The first kappa shape index (κ1) is 15.8. The number of hydrogen-bond acceptors (Lipinski definition) is 2. The first-order valence-electron chi connectivity index (χ1n) is 7.89. The topological polar surface area (TPSA) is 36.9 Å². The Morgan fingerprint density at radius 1 is 1.43 bits per heavy atom. The van der Waals surface area contributed by atoms with Crippen LogP contribution < -0.4 is 5.32 Å². The maximum absolute atomic E-state index is 5.97. The highest BCUT2D eigenvalue weighted by Gasteiger charge is 2.24. The van der Waals surface area contributed by atoms with E-state index in [1.807, 2.05) is 7.05 Å². The minimum absolute atomic E-state index is 0.129. The Hall–Kier alpha value is -1.55. The summed E-state index contributed by atoms with van der Waals surface area (Å²) in [7, 11) is 1.85. The zero-order valence-corrected chi connectivity index (χ0v) is 13.4. The van der Waals surface area contributed by atoms with Crippen molar-refractivity contribution in [3.63, 3.8) is 0 Å². The largest absolute Gasteiger partial charge is 0.370 e. The van der Waals surface area contributed by atoms with Crippen LogP contribution in [0.4, 0.5) is 0 Å². The number of aryl methyl sites for hydroxylation is 1. The highest BCUT2D eigenvalue weighted by molar-refractivity contribution is 5.80. The van der Waals surface area contributed by atoms with E-state index in [0.717, 1.165) is 32.2 Å². The third-order valence-corrected chi connectivity index (χ3v) is 3.93. The lowest BCUT2D eigenvalue weighted by Gasteiger charge is -2.35. The van der Waals surface area contributed by atoms with Crippen LogP contribution >= 0.6 is 0 Å². The molecule has 1 aliphatic rings. The van der Waals surface area contributed by atoms with Crippen molar-refractivity contribution in [2.24, 2.45) is 4.99 Å². The van der Waals surface area contributed by atoms with E-state index in [0.29, 0.717) is 0 Å². The second-order valence-corrected chi connectivity index (χ2v) is 5.49. The molecule has 4 heteroatoms. The summed E-state index contributed by atoms with van der Waals surface area (Å²) in [5, 5.41) is 3.45. The molecule has 0 bridgehead atoms. The molecule has 4 nitrogen and oxygen atoms in total. The number of aliphatic imine (C=N–C) groups is 1. The molecule has 1 fully saturated rings. The molecule has 1 aliphatic heterocycles. The van der Waals surface area contributed by atoms with Crippen molar-refractivity contribution in [2.75, 3.05) is 33.3 Å². The van der Waals surface area contributed by atoms with E-state index in [1.54, 1.807) is 0 Å². The number of nitrogens with zero attached hydrogens (tertiary/aromatic N) is 2. The van der Waals surface area contributed by atoms with Crippen LogP contribution in [0.5, 0.6) is 0 Å². The van der Waals surface area contributed by atoms with E-state index in [9.17, 15) is 0 Å². The molecule has 0 radical (unpaired) electrons. The Morgan fingerprint density at radius 3 is 2.95 bits per heavy atom. The highest BCUT2D eigenvalue weighted by atomic mass is 16.5. The predicted molar refractivity (Wildman–Crippen MR) is 87.7 cm³/mol. The van der Waals surface area contributed by atoms with E-state index >= 15 is 0 Å². The van der Waals surface area contributed by atoms with E-state index < -0.39 is 0 Å². The number of nitrogens with one attached hydrogen (secondary N) is 1. The second kappa shape index (κ2) is 8.03. The van der Waals surface area contributed by atoms with Crippen LogP contribution in [0, 0.1) is 6.92 Å². The SMILES string of the molecule is CCCCNC(=NC)N1CCOC(c2ccccc2C)C1. The van der Waals surface area contributed by atoms with Gasteiger partial charge >= 0.3 is 0 Å². The molecule has 0 amide bonds. The van der Waals surface area contributed by atoms with Gasteiger partial charge in [0.15, 0.2) is 5.96 Å². The van der Waals surface area contributed by atoms with Crippen LogP contribution in [0.15, 0.2) is 29.3 Å². The van der Waals surface area contributed by atoms with Gasteiger partial charge in [0.05, 0.1) is 13.2 Å². The maximum atomic E-state index is 5.97. The van der Waals surface area contributed by atoms with Crippen LogP contribution in [-0.4, -0.2) is 44.1 Å². The molecule has 0 aromatic heterocycles. The Morgan fingerprint density at radius 2 is 2.24 bits per heavy atom. The van der Waals surface area contributed by atoms with Crippen molar-refractivity contribution in [1.82, 2.24) is 10.2 Å². The summed E-state index contributed by atoms with van der Waals surface area (Å²) in [6.45, 7) is 7.83. The second-order valence-electron chi connectivity index (χ2n) is 5.49. The minimum Gasteiger partial charge on any atom is -0.370 e. The number of morpholine rings is 1. The molecule has 1 unspecified atom stereocenters. The van der Waals surface area contributed by atoms with Gasteiger partial charge in [0.2, 0.25) is 0 Å². The van der Waals surface area contributed by atoms with Crippen molar-refractivity contribution in [2.45, 2.75) is 32.8 Å². The number of unbranched alkanes of at least 4 members (excludes halogenated alkanes) is 1. The van der Waals surface area contributed by atoms with E-state index in [4.69, 9.17) is 4.74 Å². The van der Waals surface area contributed by atoms with Crippen LogP contribution in [0.3, 0.4) is 0 Å². The molecular weight excluding hydrogens is 262 g/mol. The third kappa shape index (κ3) is 4.21. The summed E-state index contributed by atoms with van der Waals surface area (Å²) in [5.74, 6) is 0.991. The fraction of sp³-hybridized carbons (Fsp3) is 0.588. The zero-order chi connectivity index (χ0) is 15.1. The van der Waals surface area contributed by atoms with E-state index in [1.165, 1.54) is 24.0 Å². The molecule has 0 spiro atoms. The van der Waals surface area contributed by atoms with Gasteiger partial charge in [0.1, 0.15) is 6.10 Å². The summed E-state index contributed by atoms with van der Waals surface area (Å²) in [4.78, 5) is 6.71. The van der Waals surface area contributed by atoms with Crippen LogP contribution in [0.1, 0.15) is 37.0 Å². The molecular formula is C17H27N3O. The van der Waals surface area contributed by atoms with E-state index in [-0.39, 0.29) is 6.10 Å². The smallest absolute Gasteiger partial charge is 0.193 e. The fourth-order valence-corrected chi connectivity index (χ4v) is 2.69. The number of ether oxygens (including phenoxy) is 1. The van der Waals surface area contributed by atoms with Crippen LogP contribution in [-0.2, 0) is 4.74 Å². The third-order valence-electron chi connectivity index (χ3n) is 3.93. The Labute approximate surface area is 128 Å². The number of guanidine groups is 1. The fourth-order valence-electron chi connectivity index (χ4n) is 2.69. The summed E-state index contributed by atoms with van der Waals surface area (Å²) in [6.07, 6.45) is 2.49. The van der Waals surface area contributed by atoms with Gasteiger partial charge in [-0.1, -0.05) is 37.6 Å². The lowest BCUT2D eigenvalue weighted by Crippen LogP contribution is -2.48. The quantitative estimate of drug-likeness (QED) is 0.526. The molecule has 21 heavy (non-hydrogen) atoms. The van der Waals surface area contributed by atoms with Gasteiger partial charge in [-0.15, -0.1) is 0 Å². The average Bonchev–Trinajstić information content (AvgIpc) is 2.52. The first-order chi connectivity index (χ1) is 10.3. The highest BCUT2D eigenvalue weighted by Crippen LogP contribution is 2.24. The molecule has 1 atom stereocenters. The van der Waals surface area contributed by atoms with Gasteiger partial charge in [0, 0.05) is 20.1 Å². The summed E-state index contributed by atoms with van der Waals surface area (Å²) in [6, 6.07) is 8.46. The predicted octanol–water partition coefficient (Wildman–Crippen LogP) is 2.74. The monoisotopic (exact) mass is 289 g/mol. The van der Waals surface area contributed by atoms with Gasteiger partial charge in [-0.3, -0.25) is 4.99 Å². The standard InChI is InChI=1S/C17H27N3O/c1-4-5-10-19-17(18-3)20-11-12-21-16(13-20)15-9-7-6-8-14(15)2/h6-9,16H,4-5,10-13H2,1-3H3,(H,18,19). The Balaban J connectivity index is 2.01. The first-order valence-corrected chi connectivity index (χ1v) is 7.89. The minimum atomic E-state index is 0.129. The van der Waals surface area contributed by atoms with Crippen LogP contribution in [0.25, 0.3) is 0 Å². The van der Waals surface area contributed by atoms with Crippen molar-refractivity contribution in [3.05, 3.63) is 35.4 Å². The van der Waals surface area contributed by atoms with Crippen molar-refractivity contribution >= 4 is 5.96 Å². The molecule has 1 N–H and O–H groups in total. The number of hydrogen-bond donors (Lipinski definition) is 1. The molecule has 1 heterocycles. The van der Waals surface area contributed by atoms with Gasteiger partial charge < -0.3 is 15.0 Å². The van der Waals surface area contributed by atoms with Gasteiger partial charge in [-0.05, 0) is 24.5 Å². The lowest BCUT2D eigenvalue weighted by atomic mass is 10.0. The molecule has 116 valence electrons. The van der Waals surface area contributed by atoms with Crippen LogP contribution in [0.2, 0.25) is 0 Å². The molecule has 0 saturated carbocycles. The molecule has 1 aromatic carbocycles. The molecule has 0 aliphatic carbocycles. The van der Waals surface area contributed by atoms with Gasteiger partial charge in [-0.2, -0.15) is 0 Å². The number of benzene rings is 1. The Kier molecular flexibility index (Phi) is 6.05. The van der Waals surface area contributed by atoms with Gasteiger partial charge in [0.25, 0.3) is 0 Å². The zero-order valence-electron chi connectivity index (χ0n) is 13.4. The normalized spacial score (nSPS) is 19.7. The van der Waals surface area contributed by atoms with Crippen molar-refractivity contribution in [3.8, 4) is 0 Å². The summed E-state index contributed by atoms with van der Waals surface area (Å²) >= 11 is 0. The van der Waals surface area contributed by atoms with E-state index in [2.05, 4.69) is 53.3 Å². The lowest BCUT2D eigenvalue weighted by molar-refractivity contribution is -0.00830. The van der Waals surface area contributed by atoms with Crippen molar-refractivity contribution < 1.29 is 4.74 Å². The van der Waals surface area contributed by atoms with Gasteiger partial charge in [-0.25, -0.2) is 0 Å². The maximum Gasteiger partial charge on any atom is 0.193 e. The summed E-state index contributed by atoms with van der Waals surface area (Å²) in [5.41, 5.74) is 2.57. The average molecular weight is 289 g/mol. The molecule has 1 aromatic rings.